The first kappa shape index (κ1) is 30.4. The lowest BCUT2D eigenvalue weighted by atomic mass is 9.94. The van der Waals surface area contributed by atoms with Crippen molar-refractivity contribution in [3.05, 3.63) is 48.0 Å². The van der Waals surface area contributed by atoms with Crippen LogP contribution < -0.4 is 10.6 Å². The fourth-order valence-electron chi connectivity index (χ4n) is 3.96. The Morgan fingerprint density at radius 3 is 2.43 bits per heavy atom. The molecule has 0 bridgehead atoms. The van der Waals surface area contributed by atoms with Gasteiger partial charge in [-0.05, 0) is 30.2 Å². The summed E-state index contributed by atoms with van der Waals surface area (Å²) in [6.45, 7) is 6.30. The van der Waals surface area contributed by atoms with Crippen molar-refractivity contribution in [2.24, 2.45) is 5.41 Å². The predicted molar refractivity (Wildman–Crippen MR) is 138 cm³/mol. The predicted octanol–water partition coefficient (Wildman–Crippen LogP) is 0.500. The third kappa shape index (κ3) is 9.88. The first-order valence-electron chi connectivity index (χ1n) is 12.6. The largest absolute Gasteiger partial charge is 0.387 e. The summed E-state index contributed by atoms with van der Waals surface area (Å²) < 4.78 is 5.12. The van der Waals surface area contributed by atoms with Crippen molar-refractivity contribution in [3.8, 4) is 0 Å². The van der Waals surface area contributed by atoms with Gasteiger partial charge in [-0.2, -0.15) is 0 Å². The minimum Gasteiger partial charge on any atom is -0.387 e. The van der Waals surface area contributed by atoms with Gasteiger partial charge in [0.2, 0.25) is 11.8 Å². The van der Waals surface area contributed by atoms with Crippen LogP contribution in [0.2, 0.25) is 0 Å². The minimum atomic E-state index is -1.75. The van der Waals surface area contributed by atoms with E-state index < -0.39 is 42.3 Å². The molecule has 1 fully saturated rings. The smallest absolute Gasteiger partial charge is 0.252 e. The Bertz CT molecular complexity index is 916. The molecule has 1 aromatic carbocycles. The van der Waals surface area contributed by atoms with Gasteiger partial charge in [0, 0.05) is 20.2 Å². The highest BCUT2D eigenvalue weighted by molar-refractivity contribution is 5.92. The third-order valence-electron chi connectivity index (χ3n) is 6.08. The van der Waals surface area contributed by atoms with Crippen LogP contribution in [0.5, 0.6) is 0 Å². The Morgan fingerprint density at radius 1 is 1.14 bits per heavy atom. The molecule has 0 aromatic heterocycles. The van der Waals surface area contributed by atoms with Gasteiger partial charge in [-0.25, -0.2) is 0 Å². The maximum absolute atomic E-state index is 13.1. The van der Waals surface area contributed by atoms with Crippen LogP contribution in [-0.4, -0.2) is 88.6 Å². The summed E-state index contributed by atoms with van der Waals surface area (Å²) in [6, 6.07) is 8.50. The van der Waals surface area contributed by atoms with E-state index in [4.69, 9.17) is 4.74 Å². The van der Waals surface area contributed by atoms with E-state index in [1.165, 1.54) is 18.1 Å². The normalized spacial score (nSPS) is 20.1. The number of amides is 3. The second kappa shape index (κ2) is 14.2. The minimum absolute atomic E-state index is 0.139. The van der Waals surface area contributed by atoms with E-state index in [1.807, 2.05) is 51.1 Å². The molecule has 1 saturated heterocycles. The molecular formula is C27H41N3O7. The van der Waals surface area contributed by atoms with E-state index >= 15 is 0 Å². The number of carbonyl (C=O) groups is 3. The van der Waals surface area contributed by atoms with E-state index in [1.54, 1.807) is 6.08 Å². The van der Waals surface area contributed by atoms with Gasteiger partial charge in [-0.3, -0.25) is 14.4 Å². The Hall–Kier alpha value is -2.79. The number of hydrogen-bond acceptors (Lipinski definition) is 7. The Labute approximate surface area is 218 Å². The zero-order chi connectivity index (χ0) is 27.6. The van der Waals surface area contributed by atoms with Gasteiger partial charge in [0.05, 0.1) is 6.54 Å². The summed E-state index contributed by atoms with van der Waals surface area (Å²) in [6.07, 6.45) is -1.66. The number of allylic oxidation sites excluding steroid dienone is 1. The van der Waals surface area contributed by atoms with Gasteiger partial charge in [-0.1, -0.05) is 63.3 Å². The van der Waals surface area contributed by atoms with E-state index in [0.29, 0.717) is 32.4 Å². The number of methoxy groups -OCH3 is 1. The number of carbonyl (C=O) groups excluding carboxylic acids is 3. The zero-order valence-electron chi connectivity index (χ0n) is 22.1. The fraction of sp³-hybridized carbons (Fsp3) is 0.593. The molecule has 10 nitrogen and oxygen atoms in total. The molecule has 2 rings (SSSR count). The van der Waals surface area contributed by atoms with Crippen LogP contribution in [0.15, 0.2) is 42.5 Å². The van der Waals surface area contributed by atoms with Crippen LogP contribution in [0.1, 0.15) is 45.6 Å². The number of rotatable bonds is 11. The van der Waals surface area contributed by atoms with Crippen molar-refractivity contribution >= 4 is 17.7 Å². The number of hydrogen-bond donors (Lipinski definition) is 5. The van der Waals surface area contributed by atoms with Gasteiger partial charge >= 0.3 is 0 Å². The number of benzene rings is 1. The summed E-state index contributed by atoms with van der Waals surface area (Å²) in [7, 11) is 1.19. The number of ether oxygens (including phenoxy) is 1. The molecule has 5 atom stereocenters. The van der Waals surface area contributed by atoms with Crippen molar-refractivity contribution in [1.29, 1.82) is 0 Å². The summed E-state index contributed by atoms with van der Waals surface area (Å²) in [4.78, 5) is 39.9. The number of nitrogens with zero attached hydrogens (tertiary/aromatic N) is 1. The molecule has 1 aliphatic heterocycles. The average molecular weight is 520 g/mol. The molecule has 0 aliphatic carbocycles. The first-order valence-corrected chi connectivity index (χ1v) is 12.6. The van der Waals surface area contributed by atoms with Crippen molar-refractivity contribution in [1.82, 2.24) is 15.5 Å². The summed E-state index contributed by atoms with van der Waals surface area (Å²) in [5.41, 5.74) is 0.682. The van der Waals surface area contributed by atoms with E-state index in [0.717, 1.165) is 5.56 Å². The molecule has 206 valence electrons. The van der Waals surface area contributed by atoms with Gasteiger partial charge < -0.3 is 35.6 Å². The van der Waals surface area contributed by atoms with Crippen LogP contribution in [-0.2, 0) is 25.7 Å². The number of aliphatic hydroxyl groups is 3. The molecule has 1 aromatic rings. The van der Waals surface area contributed by atoms with Gasteiger partial charge in [-0.15, -0.1) is 0 Å². The SMILES string of the molecule is CO[C@@H](C(=O)NC1CCCCN(CC(=O)NCc2ccccc2)C1=O)[C@H](O)[C@@H](O)[C@H](O)/C=C/C(C)(C)C. The lowest BCUT2D eigenvalue weighted by Crippen LogP contribution is -2.56. The second-order valence-electron chi connectivity index (χ2n) is 10.4. The molecule has 1 aliphatic rings. The molecular weight excluding hydrogens is 478 g/mol. The third-order valence-corrected chi connectivity index (χ3v) is 6.08. The van der Waals surface area contributed by atoms with Gasteiger partial charge in [0.15, 0.2) is 6.10 Å². The number of likely N-dealkylation sites (tertiary alicyclic amines) is 1. The lowest BCUT2D eigenvalue weighted by molar-refractivity contribution is -0.152. The van der Waals surface area contributed by atoms with Crippen molar-refractivity contribution in [2.75, 3.05) is 20.2 Å². The van der Waals surface area contributed by atoms with Crippen LogP contribution in [0, 0.1) is 5.41 Å². The number of nitrogens with one attached hydrogen (secondary N) is 2. The van der Waals surface area contributed by atoms with E-state index in [2.05, 4.69) is 10.6 Å². The molecule has 37 heavy (non-hydrogen) atoms. The average Bonchev–Trinajstić information content (AvgIpc) is 3.02. The second-order valence-corrected chi connectivity index (χ2v) is 10.4. The summed E-state index contributed by atoms with van der Waals surface area (Å²) in [5, 5.41) is 36.5. The van der Waals surface area contributed by atoms with Crippen molar-refractivity contribution < 1.29 is 34.4 Å². The standard InChI is InChI=1S/C27H41N3O7/c1-27(2,3)14-13-20(31)22(33)23(34)24(37-4)25(35)29-19-12-8-9-15-30(26(19)36)17-21(32)28-16-18-10-6-5-7-11-18/h5-7,10-11,13-14,19-20,22-24,31,33-34H,8-9,12,15-17H2,1-4H3,(H,28,32)(H,29,35)/b14-13+/t19?,20-,22+,23-,24-/m1/s1. The van der Waals surface area contributed by atoms with Crippen LogP contribution in [0.3, 0.4) is 0 Å². The van der Waals surface area contributed by atoms with Gasteiger partial charge in [0.25, 0.3) is 5.91 Å². The molecule has 0 saturated carbocycles. The van der Waals surface area contributed by atoms with Crippen LogP contribution in [0.4, 0.5) is 0 Å². The molecule has 1 unspecified atom stereocenters. The molecule has 5 N–H and O–H groups in total. The fourth-order valence-corrected chi connectivity index (χ4v) is 3.96. The molecule has 0 spiro atoms. The number of aliphatic hydroxyl groups excluding tert-OH is 3. The molecule has 10 heteroatoms. The highest BCUT2D eigenvalue weighted by Crippen LogP contribution is 2.18. The van der Waals surface area contributed by atoms with E-state index in [-0.39, 0.29) is 17.9 Å². The van der Waals surface area contributed by atoms with Crippen molar-refractivity contribution in [3.63, 3.8) is 0 Å². The van der Waals surface area contributed by atoms with Crippen LogP contribution in [0.25, 0.3) is 0 Å². The highest BCUT2D eigenvalue weighted by Gasteiger charge is 2.38. The maximum Gasteiger partial charge on any atom is 0.252 e. The highest BCUT2D eigenvalue weighted by atomic mass is 16.5. The summed E-state index contributed by atoms with van der Waals surface area (Å²) >= 11 is 0. The Kier molecular flexibility index (Phi) is 11.7. The lowest BCUT2D eigenvalue weighted by Gasteiger charge is -2.29. The summed E-state index contributed by atoms with van der Waals surface area (Å²) in [5.74, 6) is -1.51. The maximum atomic E-state index is 13.1. The Morgan fingerprint density at radius 2 is 1.81 bits per heavy atom. The quantitative estimate of drug-likeness (QED) is 0.267. The monoisotopic (exact) mass is 519 g/mol. The van der Waals surface area contributed by atoms with Gasteiger partial charge in [0.1, 0.15) is 24.4 Å². The van der Waals surface area contributed by atoms with Crippen LogP contribution >= 0.6 is 0 Å². The topological polar surface area (TPSA) is 148 Å². The molecule has 3 amide bonds. The molecule has 0 radical (unpaired) electrons. The molecule has 1 heterocycles. The first-order chi connectivity index (χ1) is 17.4. The Balaban J connectivity index is 1.98. The van der Waals surface area contributed by atoms with E-state index in [9.17, 15) is 29.7 Å². The zero-order valence-corrected chi connectivity index (χ0v) is 22.1. The van der Waals surface area contributed by atoms with Crippen molar-refractivity contribution in [2.45, 2.75) is 77.0 Å².